The summed E-state index contributed by atoms with van der Waals surface area (Å²) in [6.45, 7) is 7.21. The third-order valence-electron chi connectivity index (χ3n) is 2.74. The lowest BCUT2D eigenvalue weighted by Crippen LogP contribution is -2.16. The van der Waals surface area contributed by atoms with Crippen molar-refractivity contribution < 1.29 is 0 Å². The molecule has 0 spiro atoms. The maximum atomic E-state index is 5.61. The zero-order valence-corrected chi connectivity index (χ0v) is 10.2. The number of rotatable bonds is 2. The quantitative estimate of drug-likeness (QED) is 0.837. The van der Waals surface area contributed by atoms with Crippen LogP contribution in [0.3, 0.4) is 0 Å². The smallest absolute Gasteiger partial charge is 0.118 e. The first-order chi connectivity index (χ1) is 7.54. The first-order valence-corrected chi connectivity index (χ1v) is 5.69. The SMILES string of the molecule is CC(C)(C)c1ncc2c(CCN)cccn12. The van der Waals surface area contributed by atoms with Gasteiger partial charge in [-0.2, -0.15) is 0 Å². The summed E-state index contributed by atoms with van der Waals surface area (Å²) >= 11 is 0. The standard InChI is InChI=1S/C13H19N3/c1-13(2,3)12-15-9-11-10(6-7-14)5-4-8-16(11)12/h4-5,8-9H,6-7,14H2,1-3H3. The first kappa shape index (κ1) is 11.1. The zero-order valence-electron chi connectivity index (χ0n) is 10.2. The minimum absolute atomic E-state index is 0.0632. The Morgan fingerprint density at radius 2 is 2.12 bits per heavy atom. The average Bonchev–Trinajstić information content (AvgIpc) is 2.62. The molecule has 0 radical (unpaired) electrons. The summed E-state index contributed by atoms with van der Waals surface area (Å²) in [7, 11) is 0. The van der Waals surface area contributed by atoms with E-state index in [1.54, 1.807) is 0 Å². The molecule has 2 N–H and O–H groups in total. The number of aromatic nitrogens is 2. The van der Waals surface area contributed by atoms with E-state index >= 15 is 0 Å². The van der Waals surface area contributed by atoms with Crippen LogP contribution in [0.2, 0.25) is 0 Å². The Kier molecular flexibility index (Phi) is 2.72. The molecule has 16 heavy (non-hydrogen) atoms. The Bertz CT molecular complexity index is 491. The molecule has 3 nitrogen and oxygen atoms in total. The molecule has 0 fully saturated rings. The number of fused-ring (bicyclic) bond motifs is 1. The van der Waals surface area contributed by atoms with E-state index in [2.05, 4.69) is 48.5 Å². The van der Waals surface area contributed by atoms with Crippen molar-refractivity contribution >= 4 is 5.52 Å². The van der Waals surface area contributed by atoms with E-state index in [-0.39, 0.29) is 5.41 Å². The van der Waals surface area contributed by atoms with E-state index < -0.39 is 0 Å². The van der Waals surface area contributed by atoms with Crippen molar-refractivity contribution in [2.24, 2.45) is 5.73 Å². The van der Waals surface area contributed by atoms with Gasteiger partial charge in [-0.15, -0.1) is 0 Å². The van der Waals surface area contributed by atoms with Gasteiger partial charge in [0.15, 0.2) is 0 Å². The van der Waals surface area contributed by atoms with Gasteiger partial charge in [0.2, 0.25) is 0 Å². The molecule has 0 bridgehead atoms. The summed E-state index contributed by atoms with van der Waals surface area (Å²) < 4.78 is 2.17. The van der Waals surface area contributed by atoms with E-state index in [4.69, 9.17) is 5.73 Å². The van der Waals surface area contributed by atoms with Crippen LogP contribution in [0, 0.1) is 0 Å². The number of nitrogens with zero attached hydrogens (tertiary/aromatic N) is 2. The summed E-state index contributed by atoms with van der Waals surface area (Å²) in [5, 5.41) is 0. The maximum Gasteiger partial charge on any atom is 0.118 e. The van der Waals surface area contributed by atoms with Crippen LogP contribution in [0.4, 0.5) is 0 Å². The number of pyridine rings is 1. The van der Waals surface area contributed by atoms with Gasteiger partial charge in [-0.1, -0.05) is 26.8 Å². The summed E-state index contributed by atoms with van der Waals surface area (Å²) in [5.74, 6) is 1.10. The number of nitrogens with two attached hydrogens (primary N) is 1. The fraction of sp³-hybridized carbons (Fsp3) is 0.462. The Morgan fingerprint density at radius 1 is 1.38 bits per heavy atom. The predicted molar refractivity (Wildman–Crippen MR) is 66.7 cm³/mol. The lowest BCUT2D eigenvalue weighted by atomic mass is 9.96. The molecule has 0 aliphatic carbocycles. The summed E-state index contributed by atoms with van der Waals surface area (Å²) in [5.41, 5.74) is 8.13. The Hall–Kier alpha value is -1.35. The van der Waals surface area contributed by atoms with E-state index in [1.807, 2.05) is 6.20 Å². The minimum atomic E-state index is 0.0632. The molecule has 0 saturated carbocycles. The van der Waals surface area contributed by atoms with E-state index in [9.17, 15) is 0 Å². The van der Waals surface area contributed by atoms with Crippen LogP contribution in [-0.2, 0) is 11.8 Å². The van der Waals surface area contributed by atoms with Gasteiger partial charge in [0.05, 0.1) is 11.7 Å². The lowest BCUT2D eigenvalue weighted by molar-refractivity contribution is 0.543. The second-order valence-electron chi connectivity index (χ2n) is 5.16. The second-order valence-corrected chi connectivity index (χ2v) is 5.16. The van der Waals surface area contributed by atoms with Crippen LogP contribution in [0.25, 0.3) is 5.52 Å². The maximum absolute atomic E-state index is 5.61. The second kappa shape index (κ2) is 3.91. The molecule has 86 valence electrons. The Morgan fingerprint density at radius 3 is 2.75 bits per heavy atom. The molecule has 2 heterocycles. The molecule has 2 aromatic rings. The van der Waals surface area contributed by atoms with Gasteiger partial charge in [-0.3, -0.25) is 0 Å². The van der Waals surface area contributed by atoms with Gasteiger partial charge in [0, 0.05) is 11.6 Å². The van der Waals surface area contributed by atoms with Crippen molar-refractivity contribution in [3.63, 3.8) is 0 Å². The highest BCUT2D eigenvalue weighted by Crippen LogP contribution is 2.23. The van der Waals surface area contributed by atoms with Crippen molar-refractivity contribution in [2.75, 3.05) is 6.54 Å². The molecule has 0 atom stereocenters. The molecular formula is C13H19N3. The molecule has 0 unspecified atom stereocenters. The molecule has 3 heteroatoms. The number of imidazole rings is 1. The Balaban J connectivity index is 2.62. The van der Waals surface area contributed by atoms with Gasteiger partial charge >= 0.3 is 0 Å². The van der Waals surface area contributed by atoms with Gasteiger partial charge in [0.1, 0.15) is 5.82 Å². The van der Waals surface area contributed by atoms with Crippen molar-refractivity contribution in [2.45, 2.75) is 32.6 Å². The van der Waals surface area contributed by atoms with Crippen LogP contribution in [-0.4, -0.2) is 15.9 Å². The largest absolute Gasteiger partial charge is 0.330 e. The molecule has 0 saturated heterocycles. The highest BCUT2D eigenvalue weighted by atomic mass is 15.0. The van der Waals surface area contributed by atoms with Crippen LogP contribution in [0.1, 0.15) is 32.2 Å². The van der Waals surface area contributed by atoms with Gasteiger partial charge in [-0.05, 0) is 24.6 Å². The van der Waals surface area contributed by atoms with Crippen LogP contribution >= 0.6 is 0 Å². The predicted octanol–water partition coefficient (Wildman–Crippen LogP) is 2.13. The van der Waals surface area contributed by atoms with Crippen molar-refractivity contribution in [3.05, 3.63) is 35.9 Å². The van der Waals surface area contributed by atoms with E-state index in [1.165, 1.54) is 11.1 Å². The Labute approximate surface area is 96.3 Å². The van der Waals surface area contributed by atoms with Crippen molar-refractivity contribution in [1.82, 2.24) is 9.38 Å². The van der Waals surface area contributed by atoms with Gasteiger partial charge in [0.25, 0.3) is 0 Å². The highest BCUT2D eigenvalue weighted by molar-refractivity contribution is 5.54. The summed E-state index contributed by atoms with van der Waals surface area (Å²) in [6, 6.07) is 4.19. The third-order valence-corrected chi connectivity index (χ3v) is 2.74. The topological polar surface area (TPSA) is 43.3 Å². The monoisotopic (exact) mass is 217 g/mol. The van der Waals surface area contributed by atoms with Crippen LogP contribution in [0.5, 0.6) is 0 Å². The highest BCUT2D eigenvalue weighted by Gasteiger charge is 2.19. The van der Waals surface area contributed by atoms with Crippen molar-refractivity contribution in [1.29, 1.82) is 0 Å². The first-order valence-electron chi connectivity index (χ1n) is 5.69. The molecule has 0 aliphatic rings. The third kappa shape index (κ3) is 1.83. The molecule has 2 rings (SSSR count). The van der Waals surface area contributed by atoms with Crippen LogP contribution < -0.4 is 5.73 Å². The molecule has 0 amide bonds. The summed E-state index contributed by atoms with van der Waals surface area (Å²) in [6.07, 6.45) is 4.92. The van der Waals surface area contributed by atoms with Gasteiger partial charge < -0.3 is 10.1 Å². The fourth-order valence-electron chi connectivity index (χ4n) is 2.00. The van der Waals surface area contributed by atoms with Crippen LogP contribution in [0.15, 0.2) is 24.5 Å². The molecule has 0 aliphatic heterocycles. The van der Waals surface area contributed by atoms with Gasteiger partial charge in [-0.25, -0.2) is 4.98 Å². The van der Waals surface area contributed by atoms with Crippen molar-refractivity contribution in [3.8, 4) is 0 Å². The normalized spacial score (nSPS) is 12.2. The summed E-state index contributed by atoms with van der Waals surface area (Å²) in [4.78, 5) is 4.53. The number of hydrogen-bond acceptors (Lipinski definition) is 2. The lowest BCUT2D eigenvalue weighted by Gasteiger charge is -2.17. The molecule has 0 aromatic carbocycles. The molecule has 2 aromatic heterocycles. The minimum Gasteiger partial charge on any atom is -0.330 e. The average molecular weight is 217 g/mol. The zero-order chi connectivity index (χ0) is 11.8. The molecular weight excluding hydrogens is 198 g/mol. The van der Waals surface area contributed by atoms with E-state index in [0.717, 1.165) is 12.2 Å². The van der Waals surface area contributed by atoms with E-state index in [0.29, 0.717) is 6.54 Å². The number of hydrogen-bond donors (Lipinski definition) is 1. The fourth-order valence-corrected chi connectivity index (χ4v) is 2.00.